The number of rotatable bonds is 6. The molecule has 0 saturated heterocycles. The highest BCUT2D eigenvalue weighted by Gasteiger charge is 2.29. The number of hydrogen-bond donors (Lipinski definition) is 1. The summed E-state index contributed by atoms with van der Waals surface area (Å²) >= 11 is 5.75. The van der Waals surface area contributed by atoms with Crippen LogP contribution in [0.5, 0.6) is 0 Å². The van der Waals surface area contributed by atoms with E-state index in [1.807, 2.05) is 0 Å². The maximum atomic E-state index is 4.84. The van der Waals surface area contributed by atoms with Gasteiger partial charge in [-0.2, -0.15) is 11.8 Å². The molecule has 2 saturated carbocycles. The Balaban J connectivity index is 1.71. The SMILES string of the molecule is CCNc1nc(CSC2CCCCC2)nc(C2CC2)c1Br. The lowest BCUT2D eigenvalue weighted by atomic mass is 10.0. The van der Waals surface area contributed by atoms with Crippen LogP contribution >= 0.6 is 27.7 Å². The fourth-order valence-corrected chi connectivity index (χ4v) is 4.73. The van der Waals surface area contributed by atoms with Crippen LogP contribution in [0, 0.1) is 0 Å². The van der Waals surface area contributed by atoms with Gasteiger partial charge in [-0.25, -0.2) is 9.97 Å². The average Bonchev–Trinajstić information content (AvgIpc) is 3.34. The topological polar surface area (TPSA) is 37.8 Å². The Kier molecular flexibility index (Phi) is 5.43. The Morgan fingerprint density at radius 2 is 1.90 bits per heavy atom. The van der Waals surface area contributed by atoms with E-state index in [1.165, 1.54) is 50.6 Å². The average molecular weight is 370 g/mol. The summed E-state index contributed by atoms with van der Waals surface area (Å²) in [5, 5.41) is 4.19. The molecule has 1 N–H and O–H groups in total. The first-order valence-electron chi connectivity index (χ1n) is 8.19. The second kappa shape index (κ2) is 7.32. The zero-order valence-corrected chi connectivity index (χ0v) is 15.1. The van der Waals surface area contributed by atoms with Crippen LogP contribution in [0.25, 0.3) is 0 Å². The van der Waals surface area contributed by atoms with Gasteiger partial charge in [0.25, 0.3) is 0 Å². The molecule has 0 radical (unpaired) electrons. The lowest BCUT2D eigenvalue weighted by molar-refractivity contribution is 0.516. The predicted octanol–water partition coefficient (Wildman–Crippen LogP) is 5.11. The van der Waals surface area contributed by atoms with E-state index in [-0.39, 0.29) is 0 Å². The van der Waals surface area contributed by atoms with Gasteiger partial charge in [0.1, 0.15) is 11.6 Å². The van der Waals surface area contributed by atoms with Gasteiger partial charge in [-0.05, 0) is 48.5 Å². The summed E-state index contributed by atoms with van der Waals surface area (Å²) in [6.07, 6.45) is 9.51. The molecule has 1 aromatic rings. The van der Waals surface area contributed by atoms with Crippen LogP contribution < -0.4 is 5.32 Å². The third-order valence-corrected chi connectivity index (χ3v) is 6.38. The van der Waals surface area contributed by atoms with Crippen molar-refractivity contribution < 1.29 is 0 Å². The first-order chi connectivity index (χ1) is 10.3. The van der Waals surface area contributed by atoms with E-state index in [4.69, 9.17) is 9.97 Å². The van der Waals surface area contributed by atoms with Gasteiger partial charge in [0.05, 0.1) is 15.9 Å². The summed E-state index contributed by atoms with van der Waals surface area (Å²) < 4.78 is 1.08. The van der Waals surface area contributed by atoms with Gasteiger partial charge < -0.3 is 5.32 Å². The van der Waals surface area contributed by atoms with E-state index in [1.54, 1.807) is 0 Å². The zero-order valence-electron chi connectivity index (χ0n) is 12.7. The smallest absolute Gasteiger partial charge is 0.144 e. The number of thioether (sulfide) groups is 1. The van der Waals surface area contributed by atoms with E-state index in [9.17, 15) is 0 Å². The van der Waals surface area contributed by atoms with Gasteiger partial charge in [0.15, 0.2) is 0 Å². The molecule has 0 aliphatic heterocycles. The second-order valence-corrected chi connectivity index (χ2v) is 8.14. The zero-order chi connectivity index (χ0) is 14.7. The van der Waals surface area contributed by atoms with Crippen molar-refractivity contribution in [2.75, 3.05) is 11.9 Å². The largest absolute Gasteiger partial charge is 0.369 e. The van der Waals surface area contributed by atoms with Gasteiger partial charge in [-0.3, -0.25) is 0 Å². The Morgan fingerprint density at radius 3 is 2.57 bits per heavy atom. The molecule has 0 unspecified atom stereocenters. The molecule has 0 aromatic carbocycles. The van der Waals surface area contributed by atoms with Crippen molar-refractivity contribution in [3.05, 3.63) is 16.0 Å². The molecule has 21 heavy (non-hydrogen) atoms. The first-order valence-corrected chi connectivity index (χ1v) is 10.0. The van der Waals surface area contributed by atoms with Crippen LogP contribution in [0.1, 0.15) is 69.3 Å². The van der Waals surface area contributed by atoms with Crippen LogP contribution in [0.4, 0.5) is 5.82 Å². The van der Waals surface area contributed by atoms with Crippen LogP contribution in [-0.4, -0.2) is 21.8 Å². The van der Waals surface area contributed by atoms with Crippen LogP contribution in [0.2, 0.25) is 0 Å². The lowest BCUT2D eigenvalue weighted by Gasteiger charge is -2.21. The van der Waals surface area contributed by atoms with Crippen molar-refractivity contribution in [3.63, 3.8) is 0 Å². The van der Waals surface area contributed by atoms with Crippen molar-refractivity contribution in [1.29, 1.82) is 0 Å². The van der Waals surface area contributed by atoms with Gasteiger partial charge in [0, 0.05) is 17.7 Å². The minimum absolute atomic E-state index is 0.651. The number of hydrogen-bond acceptors (Lipinski definition) is 4. The Bertz CT molecular complexity index is 485. The summed E-state index contributed by atoms with van der Waals surface area (Å²) in [5.41, 5.74) is 1.22. The van der Waals surface area contributed by atoms with E-state index in [0.717, 1.165) is 33.7 Å². The molecule has 116 valence electrons. The third-order valence-electron chi connectivity index (χ3n) is 4.23. The molecule has 2 aliphatic rings. The summed E-state index contributed by atoms with van der Waals surface area (Å²) in [6.45, 7) is 3.01. The highest BCUT2D eigenvalue weighted by Crippen LogP contribution is 2.44. The monoisotopic (exact) mass is 369 g/mol. The molecule has 2 fully saturated rings. The summed E-state index contributed by atoms with van der Waals surface area (Å²) in [4.78, 5) is 9.57. The molecule has 1 aromatic heterocycles. The molecule has 1 heterocycles. The van der Waals surface area contributed by atoms with E-state index in [2.05, 4.69) is 39.9 Å². The number of nitrogens with one attached hydrogen (secondary N) is 1. The molecule has 0 atom stereocenters. The van der Waals surface area contributed by atoms with Crippen molar-refractivity contribution in [2.45, 2.75) is 68.8 Å². The summed E-state index contributed by atoms with van der Waals surface area (Å²) in [6, 6.07) is 0. The van der Waals surface area contributed by atoms with Crippen molar-refractivity contribution >= 4 is 33.5 Å². The fourth-order valence-electron chi connectivity index (χ4n) is 2.91. The fraction of sp³-hybridized carbons (Fsp3) is 0.750. The van der Waals surface area contributed by atoms with E-state index in [0.29, 0.717) is 5.92 Å². The number of anilines is 1. The molecule has 2 aliphatic carbocycles. The number of nitrogens with zero attached hydrogens (tertiary/aromatic N) is 2. The maximum Gasteiger partial charge on any atom is 0.144 e. The minimum Gasteiger partial charge on any atom is -0.369 e. The van der Waals surface area contributed by atoms with Gasteiger partial charge in [-0.1, -0.05) is 19.3 Å². The molecule has 3 nitrogen and oxygen atoms in total. The Hall–Kier alpha value is -0.290. The summed E-state index contributed by atoms with van der Waals surface area (Å²) in [7, 11) is 0. The standard InChI is InChI=1S/C16H24BrN3S/c1-2-18-16-14(17)15(11-8-9-11)19-13(20-16)10-21-12-6-4-3-5-7-12/h11-12H,2-10H2,1H3,(H,18,19,20). The Labute approximate surface area is 140 Å². The predicted molar refractivity (Wildman–Crippen MR) is 94.0 cm³/mol. The van der Waals surface area contributed by atoms with Gasteiger partial charge in [0.2, 0.25) is 0 Å². The van der Waals surface area contributed by atoms with Crippen LogP contribution in [0.3, 0.4) is 0 Å². The second-order valence-electron chi connectivity index (χ2n) is 6.06. The third kappa shape index (κ3) is 4.13. The molecule has 5 heteroatoms. The lowest BCUT2D eigenvalue weighted by Crippen LogP contribution is -2.11. The van der Waals surface area contributed by atoms with Crippen LogP contribution in [-0.2, 0) is 5.75 Å². The minimum atomic E-state index is 0.651. The van der Waals surface area contributed by atoms with Crippen LogP contribution in [0.15, 0.2) is 4.47 Å². The van der Waals surface area contributed by atoms with Gasteiger partial charge >= 0.3 is 0 Å². The number of aromatic nitrogens is 2. The quantitative estimate of drug-likeness (QED) is 0.755. The molecule has 0 amide bonds. The highest BCUT2D eigenvalue weighted by atomic mass is 79.9. The molecule has 3 rings (SSSR count). The molecule has 0 bridgehead atoms. The van der Waals surface area contributed by atoms with Crippen molar-refractivity contribution in [3.8, 4) is 0 Å². The highest BCUT2D eigenvalue weighted by molar-refractivity contribution is 9.10. The van der Waals surface area contributed by atoms with Crippen molar-refractivity contribution in [2.24, 2.45) is 0 Å². The van der Waals surface area contributed by atoms with Crippen molar-refractivity contribution in [1.82, 2.24) is 9.97 Å². The number of halogens is 1. The Morgan fingerprint density at radius 1 is 1.14 bits per heavy atom. The van der Waals surface area contributed by atoms with Gasteiger partial charge in [-0.15, -0.1) is 0 Å². The summed E-state index contributed by atoms with van der Waals surface area (Å²) in [5.74, 6) is 3.59. The van der Waals surface area contributed by atoms with E-state index < -0.39 is 0 Å². The molecular formula is C16H24BrN3S. The maximum absolute atomic E-state index is 4.84. The molecular weight excluding hydrogens is 346 g/mol. The molecule has 0 spiro atoms. The normalized spacial score (nSPS) is 19.7. The van der Waals surface area contributed by atoms with E-state index >= 15 is 0 Å². The first kappa shape index (κ1) is 15.6.